The summed E-state index contributed by atoms with van der Waals surface area (Å²) >= 11 is 9.31. The number of rotatable bonds is 7. The van der Waals surface area contributed by atoms with Crippen molar-refractivity contribution in [2.75, 3.05) is 0 Å². The Hall–Kier alpha value is -2.68. The van der Waals surface area contributed by atoms with Crippen LogP contribution in [-0.2, 0) is 12.3 Å². The van der Waals surface area contributed by atoms with Crippen LogP contribution in [0.25, 0.3) is 5.69 Å². The largest absolute Gasteiger partial charge is 0.343 e. The van der Waals surface area contributed by atoms with Crippen molar-refractivity contribution >= 4 is 40.6 Å². The lowest BCUT2D eigenvalue weighted by atomic mass is 10.2. The molecule has 9 heteroatoms. The lowest BCUT2D eigenvalue weighted by Crippen LogP contribution is -2.25. The van der Waals surface area contributed by atoms with E-state index in [2.05, 4.69) is 20.5 Å². The summed E-state index contributed by atoms with van der Waals surface area (Å²) in [5, 5.41) is 15.7. The van der Waals surface area contributed by atoms with Gasteiger partial charge in [-0.05, 0) is 37.1 Å². The van der Waals surface area contributed by atoms with E-state index in [1.807, 2.05) is 66.9 Å². The molecule has 0 saturated carbocycles. The fourth-order valence-electron chi connectivity index (χ4n) is 3.04. The van der Waals surface area contributed by atoms with Crippen LogP contribution in [0.2, 0.25) is 5.02 Å². The van der Waals surface area contributed by atoms with E-state index in [0.717, 1.165) is 32.0 Å². The minimum Gasteiger partial charge on any atom is -0.343 e. The molecule has 0 saturated heterocycles. The Labute approximate surface area is 193 Å². The Kier molecular flexibility index (Phi) is 6.70. The number of aryl methyl sites for hydroxylation is 2. The van der Waals surface area contributed by atoms with Gasteiger partial charge in [0.25, 0.3) is 5.91 Å². The molecule has 6 nitrogen and oxygen atoms in total. The molecule has 0 bridgehead atoms. The zero-order chi connectivity index (χ0) is 21.8. The third kappa shape index (κ3) is 4.98. The van der Waals surface area contributed by atoms with Crippen LogP contribution in [0.4, 0.5) is 0 Å². The van der Waals surface area contributed by atoms with Crippen LogP contribution in [0.5, 0.6) is 0 Å². The van der Waals surface area contributed by atoms with E-state index in [4.69, 9.17) is 11.6 Å². The summed E-state index contributed by atoms with van der Waals surface area (Å²) in [5.41, 5.74) is 3.51. The van der Waals surface area contributed by atoms with Crippen LogP contribution in [0, 0.1) is 13.8 Å². The Bertz CT molecular complexity index is 1220. The van der Waals surface area contributed by atoms with Gasteiger partial charge in [0.1, 0.15) is 5.69 Å². The van der Waals surface area contributed by atoms with Crippen molar-refractivity contribution in [3.05, 3.63) is 86.6 Å². The molecule has 0 aliphatic rings. The SMILES string of the molecule is Cc1nc(C(=O)NCc2nnc(SCc3ccccc3Cl)n2-c2ccccc2C)cs1. The van der Waals surface area contributed by atoms with Crippen molar-refractivity contribution in [1.29, 1.82) is 0 Å². The third-order valence-electron chi connectivity index (χ3n) is 4.63. The van der Waals surface area contributed by atoms with E-state index in [0.29, 0.717) is 17.3 Å². The number of halogens is 1. The fraction of sp³-hybridized carbons (Fsp3) is 0.182. The first-order valence-corrected chi connectivity index (χ1v) is 11.8. The van der Waals surface area contributed by atoms with Crippen LogP contribution in [-0.4, -0.2) is 25.7 Å². The van der Waals surface area contributed by atoms with Gasteiger partial charge in [-0.2, -0.15) is 0 Å². The van der Waals surface area contributed by atoms with Crippen LogP contribution in [0.15, 0.2) is 59.1 Å². The summed E-state index contributed by atoms with van der Waals surface area (Å²) in [4.78, 5) is 16.7. The summed E-state index contributed by atoms with van der Waals surface area (Å²) in [6.45, 7) is 4.15. The smallest absolute Gasteiger partial charge is 0.271 e. The molecule has 4 rings (SSSR count). The van der Waals surface area contributed by atoms with Crippen molar-refractivity contribution in [3.63, 3.8) is 0 Å². The lowest BCUT2D eigenvalue weighted by Gasteiger charge is -2.13. The Morgan fingerprint density at radius 2 is 1.90 bits per heavy atom. The number of nitrogens with zero attached hydrogens (tertiary/aromatic N) is 4. The lowest BCUT2D eigenvalue weighted by molar-refractivity contribution is 0.0945. The maximum atomic E-state index is 12.5. The number of hydrogen-bond acceptors (Lipinski definition) is 6. The standard InChI is InChI=1S/C22H20ClN5OS2/c1-14-7-3-6-10-19(14)28-20(11-24-21(29)18-13-30-15(2)25-18)26-27-22(28)31-12-16-8-4-5-9-17(16)23/h3-10,13H,11-12H2,1-2H3,(H,24,29). The molecule has 2 aromatic carbocycles. The molecule has 0 fully saturated rings. The van der Waals surface area contributed by atoms with Gasteiger partial charge in [0.05, 0.1) is 17.2 Å². The van der Waals surface area contributed by atoms with Gasteiger partial charge >= 0.3 is 0 Å². The monoisotopic (exact) mass is 469 g/mol. The highest BCUT2D eigenvalue weighted by Gasteiger charge is 2.18. The number of thiazole rings is 1. The molecule has 0 atom stereocenters. The Morgan fingerprint density at radius 1 is 1.13 bits per heavy atom. The predicted molar refractivity (Wildman–Crippen MR) is 125 cm³/mol. The highest BCUT2D eigenvalue weighted by atomic mass is 35.5. The van der Waals surface area contributed by atoms with Crippen LogP contribution >= 0.6 is 34.7 Å². The van der Waals surface area contributed by atoms with Gasteiger partial charge in [0.2, 0.25) is 0 Å². The maximum absolute atomic E-state index is 12.5. The first-order valence-electron chi connectivity index (χ1n) is 9.60. The van der Waals surface area contributed by atoms with E-state index in [-0.39, 0.29) is 12.5 Å². The molecule has 0 unspecified atom stereocenters. The van der Waals surface area contributed by atoms with Gasteiger partial charge in [0, 0.05) is 16.2 Å². The number of thioether (sulfide) groups is 1. The average molecular weight is 470 g/mol. The number of para-hydroxylation sites is 1. The van der Waals surface area contributed by atoms with Crippen LogP contribution < -0.4 is 5.32 Å². The summed E-state index contributed by atoms with van der Waals surface area (Å²) in [6.07, 6.45) is 0. The van der Waals surface area contributed by atoms with Gasteiger partial charge in [-0.3, -0.25) is 9.36 Å². The maximum Gasteiger partial charge on any atom is 0.271 e. The molecule has 0 radical (unpaired) electrons. The molecule has 2 aromatic heterocycles. The third-order valence-corrected chi connectivity index (χ3v) is 6.75. The second-order valence-corrected chi connectivity index (χ2v) is 9.25. The van der Waals surface area contributed by atoms with Gasteiger partial charge < -0.3 is 5.32 Å². The van der Waals surface area contributed by atoms with Gasteiger partial charge in [-0.25, -0.2) is 4.98 Å². The summed E-state index contributed by atoms with van der Waals surface area (Å²) in [5.74, 6) is 1.08. The molecule has 0 aliphatic carbocycles. The molecular weight excluding hydrogens is 450 g/mol. The molecule has 1 amide bonds. The number of aromatic nitrogens is 4. The number of nitrogens with one attached hydrogen (secondary N) is 1. The minimum absolute atomic E-state index is 0.228. The predicted octanol–water partition coefficient (Wildman–Crippen LogP) is 5.22. The highest BCUT2D eigenvalue weighted by Crippen LogP contribution is 2.29. The van der Waals surface area contributed by atoms with Crippen molar-refractivity contribution in [2.45, 2.75) is 31.3 Å². The minimum atomic E-state index is -0.228. The number of carbonyl (C=O) groups is 1. The zero-order valence-electron chi connectivity index (χ0n) is 17.0. The first-order chi connectivity index (χ1) is 15.0. The quantitative estimate of drug-likeness (QED) is 0.376. The van der Waals surface area contributed by atoms with Crippen molar-refractivity contribution in [1.82, 2.24) is 25.1 Å². The molecular formula is C22H20ClN5OS2. The van der Waals surface area contributed by atoms with E-state index >= 15 is 0 Å². The van der Waals surface area contributed by atoms with E-state index in [9.17, 15) is 4.79 Å². The number of hydrogen-bond donors (Lipinski definition) is 1. The van der Waals surface area contributed by atoms with Gasteiger partial charge in [-0.15, -0.1) is 21.5 Å². The van der Waals surface area contributed by atoms with E-state index < -0.39 is 0 Å². The van der Waals surface area contributed by atoms with Crippen LogP contribution in [0.3, 0.4) is 0 Å². The van der Waals surface area contributed by atoms with Crippen LogP contribution in [0.1, 0.15) is 32.4 Å². The second-order valence-electron chi connectivity index (χ2n) is 6.84. The molecule has 158 valence electrons. The highest BCUT2D eigenvalue weighted by molar-refractivity contribution is 7.98. The summed E-state index contributed by atoms with van der Waals surface area (Å²) in [7, 11) is 0. The van der Waals surface area contributed by atoms with Crippen molar-refractivity contribution < 1.29 is 4.79 Å². The molecule has 31 heavy (non-hydrogen) atoms. The number of benzene rings is 2. The Balaban J connectivity index is 1.60. The van der Waals surface area contributed by atoms with E-state index in [1.54, 1.807) is 17.1 Å². The average Bonchev–Trinajstić information content (AvgIpc) is 3.38. The molecule has 1 N–H and O–H groups in total. The van der Waals surface area contributed by atoms with Crippen molar-refractivity contribution in [3.8, 4) is 5.69 Å². The Morgan fingerprint density at radius 3 is 2.65 bits per heavy atom. The number of amides is 1. The fourth-order valence-corrected chi connectivity index (χ4v) is 4.88. The molecule has 2 heterocycles. The normalized spacial score (nSPS) is 10.9. The van der Waals surface area contributed by atoms with Gasteiger partial charge in [-0.1, -0.05) is 59.8 Å². The second kappa shape index (κ2) is 9.64. The summed E-state index contributed by atoms with van der Waals surface area (Å²) < 4.78 is 1.99. The number of carbonyl (C=O) groups excluding carboxylic acids is 1. The van der Waals surface area contributed by atoms with Crippen molar-refractivity contribution in [2.24, 2.45) is 0 Å². The van der Waals surface area contributed by atoms with E-state index in [1.165, 1.54) is 11.3 Å². The first kappa shape index (κ1) is 21.5. The summed E-state index contributed by atoms with van der Waals surface area (Å²) in [6, 6.07) is 15.8. The zero-order valence-corrected chi connectivity index (χ0v) is 19.4. The molecule has 0 spiro atoms. The molecule has 0 aliphatic heterocycles. The molecule has 4 aromatic rings. The van der Waals surface area contributed by atoms with Gasteiger partial charge in [0.15, 0.2) is 11.0 Å². The topological polar surface area (TPSA) is 72.7 Å².